The molecule has 5 heteroatoms. The zero-order valence-electron chi connectivity index (χ0n) is 14.4. The van der Waals surface area contributed by atoms with Crippen LogP contribution in [-0.4, -0.2) is 38.7 Å². The molecule has 0 aliphatic carbocycles. The van der Waals surface area contributed by atoms with Gasteiger partial charge in [-0.2, -0.15) is 5.10 Å². The summed E-state index contributed by atoms with van der Waals surface area (Å²) in [4.78, 5) is 18.5. The summed E-state index contributed by atoms with van der Waals surface area (Å²) >= 11 is 0. The SMILES string of the molecule is Cc1cc(C)n(-c2ccc(C(=O)N3CC(c4ccncc4)C3)cc2)n1. The minimum absolute atomic E-state index is 0.0882. The Balaban J connectivity index is 1.44. The zero-order valence-corrected chi connectivity index (χ0v) is 14.4. The fourth-order valence-corrected chi connectivity index (χ4v) is 3.31. The molecule has 126 valence electrons. The van der Waals surface area contributed by atoms with Crippen LogP contribution in [0.3, 0.4) is 0 Å². The summed E-state index contributed by atoms with van der Waals surface area (Å²) in [5.41, 5.74) is 5.01. The van der Waals surface area contributed by atoms with Gasteiger partial charge >= 0.3 is 0 Å². The lowest BCUT2D eigenvalue weighted by atomic mass is 9.91. The molecule has 3 heterocycles. The standard InChI is InChI=1S/C20H20N4O/c1-14-11-15(2)24(22-14)19-5-3-17(4-6-19)20(25)23-12-18(13-23)16-7-9-21-10-8-16/h3-11,18H,12-13H2,1-2H3. The number of pyridine rings is 1. The first-order valence-corrected chi connectivity index (χ1v) is 8.45. The van der Waals surface area contributed by atoms with Crippen LogP contribution in [-0.2, 0) is 0 Å². The van der Waals surface area contributed by atoms with Crippen molar-refractivity contribution in [2.24, 2.45) is 0 Å². The summed E-state index contributed by atoms with van der Waals surface area (Å²) in [5, 5.41) is 4.48. The van der Waals surface area contributed by atoms with Crippen LogP contribution in [0.4, 0.5) is 0 Å². The van der Waals surface area contributed by atoms with Crippen LogP contribution in [0.2, 0.25) is 0 Å². The fraction of sp³-hybridized carbons (Fsp3) is 0.250. The third-order valence-electron chi connectivity index (χ3n) is 4.71. The molecule has 1 fully saturated rings. The molecule has 0 unspecified atom stereocenters. The molecule has 0 bridgehead atoms. The average Bonchev–Trinajstić information content (AvgIpc) is 2.93. The Hall–Kier alpha value is -2.95. The predicted octanol–water partition coefficient (Wildman–Crippen LogP) is 3.12. The Labute approximate surface area is 146 Å². The van der Waals surface area contributed by atoms with Crippen LogP contribution in [0.25, 0.3) is 5.69 Å². The van der Waals surface area contributed by atoms with E-state index in [-0.39, 0.29) is 5.91 Å². The van der Waals surface area contributed by atoms with Crippen LogP contribution in [0.15, 0.2) is 54.9 Å². The first-order valence-electron chi connectivity index (χ1n) is 8.45. The molecule has 0 saturated carbocycles. The highest BCUT2D eigenvalue weighted by Gasteiger charge is 2.32. The maximum Gasteiger partial charge on any atom is 0.253 e. The van der Waals surface area contributed by atoms with Crippen LogP contribution in [0, 0.1) is 13.8 Å². The van der Waals surface area contributed by atoms with Gasteiger partial charge in [0.15, 0.2) is 0 Å². The second-order valence-corrected chi connectivity index (χ2v) is 6.57. The van der Waals surface area contributed by atoms with Crippen LogP contribution in [0.5, 0.6) is 0 Å². The highest BCUT2D eigenvalue weighted by molar-refractivity contribution is 5.95. The van der Waals surface area contributed by atoms with E-state index in [1.165, 1.54) is 5.56 Å². The van der Waals surface area contributed by atoms with Crippen molar-refractivity contribution in [2.75, 3.05) is 13.1 Å². The molecule has 0 radical (unpaired) electrons. The van der Waals surface area contributed by atoms with Crippen LogP contribution in [0.1, 0.15) is 33.2 Å². The lowest BCUT2D eigenvalue weighted by Gasteiger charge is -2.39. The van der Waals surface area contributed by atoms with Gasteiger partial charge in [0.2, 0.25) is 0 Å². The Morgan fingerprint density at radius 3 is 2.32 bits per heavy atom. The number of nitrogens with zero attached hydrogens (tertiary/aromatic N) is 4. The maximum atomic E-state index is 12.6. The van der Waals surface area contributed by atoms with Crippen LogP contribution >= 0.6 is 0 Å². The molecule has 1 aliphatic rings. The molecule has 25 heavy (non-hydrogen) atoms. The molecule has 1 aromatic carbocycles. The van der Waals surface area contributed by atoms with E-state index in [1.807, 2.05) is 65.9 Å². The first-order chi connectivity index (χ1) is 12.1. The van der Waals surface area contributed by atoms with Crippen molar-refractivity contribution in [3.8, 4) is 5.69 Å². The van der Waals surface area contributed by atoms with Crippen molar-refractivity contribution in [1.29, 1.82) is 0 Å². The van der Waals surface area contributed by atoms with Gasteiger partial charge in [-0.3, -0.25) is 9.78 Å². The fourth-order valence-electron chi connectivity index (χ4n) is 3.31. The number of aryl methyl sites for hydroxylation is 2. The Morgan fingerprint density at radius 2 is 1.72 bits per heavy atom. The van der Waals surface area contributed by atoms with E-state index in [4.69, 9.17) is 0 Å². The summed E-state index contributed by atoms with van der Waals surface area (Å²) in [5.74, 6) is 0.506. The normalized spacial score (nSPS) is 14.4. The second kappa shape index (κ2) is 6.16. The quantitative estimate of drug-likeness (QED) is 0.740. The summed E-state index contributed by atoms with van der Waals surface area (Å²) in [6, 6.07) is 13.8. The predicted molar refractivity (Wildman–Crippen MR) is 95.9 cm³/mol. The first kappa shape index (κ1) is 15.6. The Morgan fingerprint density at radius 1 is 1.04 bits per heavy atom. The molecule has 0 spiro atoms. The number of aromatic nitrogens is 3. The van der Waals surface area contributed by atoms with Gasteiger partial charge in [0, 0.05) is 42.7 Å². The summed E-state index contributed by atoms with van der Waals surface area (Å²) in [7, 11) is 0. The summed E-state index contributed by atoms with van der Waals surface area (Å²) < 4.78 is 1.90. The number of likely N-dealkylation sites (tertiary alicyclic amines) is 1. The van der Waals surface area contributed by atoms with Gasteiger partial charge < -0.3 is 4.90 Å². The van der Waals surface area contributed by atoms with E-state index in [0.717, 1.165) is 35.7 Å². The zero-order chi connectivity index (χ0) is 17.4. The molecule has 4 rings (SSSR count). The smallest absolute Gasteiger partial charge is 0.253 e. The van der Waals surface area contributed by atoms with Gasteiger partial charge in [-0.15, -0.1) is 0 Å². The van der Waals surface area contributed by atoms with Gasteiger partial charge in [0.25, 0.3) is 5.91 Å². The van der Waals surface area contributed by atoms with Gasteiger partial charge in [0.05, 0.1) is 11.4 Å². The van der Waals surface area contributed by atoms with Crippen molar-refractivity contribution >= 4 is 5.91 Å². The largest absolute Gasteiger partial charge is 0.337 e. The number of hydrogen-bond donors (Lipinski definition) is 0. The maximum absolute atomic E-state index is 12.6. The number of benzene rings is 1. The highest BCUT2D eigenvalue weighted by atomic mass is 16.2. The van der Waals surface area contributed by atoms with Crippen molar-refractivity contribution in [2.45, 2.75) is 19.8 Å². The lowest BCUT2D eigenvalue weighted by molar-refractivity contribution is 0.0602. The molecule has 0 N–H and O–H groups in total. The highest BCUT2D eigenvalue weighted by Crippen LogP contribution is 2.28. The number of hydrogen-bond acceptors (Lipinski definition) is 3. The van der Waals surface area contributed by atoms with Gasteiger partial charge in [0.1, 0.15) is 0 Å². The topological polar surface area (TPSA) is 51.0 Å². The van der Waals surface area contributed by atoms with Crippen molar-refractivity contribution in [1.82, 2.24) is 19.7 Å². The minimum Gasteiger partial charge on any atom is -0.337 e. The summed E-state index contributed by atoms with van der Waals surface area (Å²) in [6.45, 7) is 5.53. The molecule has 1 saturated heterocycles. The van der Waals surface area contributed by atoms with E-state index in [0.29, 0.717) is 5.92 Å². The van der Waals surface area contributed by atoms with Gasteiger partial charge in [-0.05, 0) is 61.9 Å². The van der Waals surface area contributed by atoms with Crippen molar-refractivity contribution < 1.29 is 4.79 Å². The van der Waals surface area contributed by atoms with E-state index < -0.39 is 0 Å². The van der Waals surface area contributed by atoms with E-state index >= 15 is 0 Å². The second-order valence-electron chi connectivity index (χ2n) is 6.57. The molecular formula is C20H20N4O. The molecule has 3 aromatic rings. The lowest BCUT2D eigenvalue weighted by Crippen LogP contribution is -2.48. The molecule has 1 amide bonds. The van der Waals surface area contributed by atoms with Gasteiger partial charge in [-0.1, -0.05) is 0 Å². The third-order valence-corrected chi connectivity index (χ3v) is 4.71. The van der Waals surface area contributed by atoms with Gasteiger partial charge in [-0.25, -0.2) is 4.68 Å². The summed E-state index contributed by atoms with van der Waals surface area (Å²) in [6.07, 6.45) is 3.61. The monoisotopic (exact) mass is 332 g/mol. The molecule has 5 nitrogen and oxygen atoms in total. The number of amides is 1. The van der Waals surface area contributed by atoms with E-state index in [9.17, 15) is 4.79 Å². The number of rotatable bonds is 3. The average molecular weight is 332 g/mol. The van der Waals surface area contributed by atoms with Crippen LogP contribution < -0.4 is 0 Å². The number of carbonyl (C=O) groups is 1. The van der Waals surface area contributed by atoms with E-state index in [1.54, 1.807) is 12.4 Å². The number of carbonyl (C=O) groups excluding carboxylic acids is 1. The molecular weight excluding hydrogens is 312 g/mol. The molecule has 0 atom stereocenters. The van der Waals surface area contributed by atoms with Crippen molar-refractivity contribution in [3.63, 3.8) is 0 Å². The van der Waals surface area contributed by atoms with E-state index in [2.05, 4.69) is 10.1 Å². The Kier molecular flexibility index (Phi) is 3.84. The molecule has 1 aliphatic heterocycles. The van der Waals surface area contributed by atoms with Crippen molar-refractivity contribution in [3.05, 3.63) is 77.4 Å². The minimum atomic E-state index is 0.0882. The molecule has 2 aromatic heterocycles. The third kappa shape index (κ3) is 2.93. The Bertz CT molecular complexity index is 893.